The van der Waals surface area contributed by atoms with Crippen molar-refractivity contribution >= 4 is 15.9 Å². The highest BCUT2D eigenvalue weighted by Crippen LogP contribution is 2.21. The number of aromatic amines is 1. The van der Waals surface area contributed by atoms with E-state index in [1.807, 2.05) is 0 Å². The first kappa shape index (κ1) is 9.86. The van der Waals surface area contributed by atoms with Crippen LogP contribution in [0.25, 0.3) is 0 Å². The molecule has 0 spiro atoms. The molecular formula is C9H12BrN3O. The number of aromatic nitrogens is 2. The largest absolute Gasteiger partial charge is 0.309 e. The molecule has 2 rings (SSSR count). The lowest BCUT2D eigenvalue weighted by molar-refractivity contribution is 0.402. The van der Waals surface area contributed by atoms with Crippen molar-refractivity contribution in [3.8, 4) is 0 Å². The third-order valence-electron chi connectivity index (χ3n) is 2.45. The van der Waals surface area contributed by atoms with Gasteiger partial charge in [0.25, 0.3) is 5.56 Å². The summed E-state index contributed by atoms with van der Waals surface area (Å²) in [5.74, 6) is 0. The van der Waals surface area contributed by atoms with Crippen molar-refractivity contribution in [3.63, 3.8) is 0 Å². The van der Waals surface area contributed by atoms with Gasteiger partial charge in [0.15, 0.2) is 0 Å². The van der Waals surface area contributed by atoms with Crippen molar-refractivity contribution in [1.82, 2.24) is 15.5 Å². The molecule has 1 atom stereocenters. The Morgan fingerprint density at radius 1 is 1.50 bits per heavy atom. The predicted molar refractivity (Wildman–Crippen MR) is 57.2 cm³/mol. The quantitative estimate of drug-likeness (QED) is 0.799. The Kier molecular flexibility index (Phi) is 2.98. The molecule has 0 bridgehead atoms. The van der Waals surface area contributed by atoms with E-state index in [0.717, 1.165) is 18.7 Å². The zero-order chi connectivity index (χ0) is 9.97. The second kappa shape index (κ2) is 4.23. The molecule has 0 radical (unpaired) electrons. The van der Waals surface area contributed by atoms with E-state index in [1.165, 1.54) is 12.8 Å². The van der Waals surface area contributed by atoms with Crippen LogP contribution in [0.15, 0.2) is 15.3 Å². The molecule has 4 nitrogen and oxygen atoms in total. The summed E-state index contributed by atoms with van der Waals surface area (Å²) in [5.41, 5.74) is 0.737. The first-order valence-corrected chi connectivity index (χ1v) is 5.55. The van der Waals surface area contributed by atoms with E-state index in [-0.39, 0.29) is 11.6 Å². The van der Waals surface area contributed by atoms with Crippen molar-refractivity contribution in [2.45, 2.75) is 25.3 Å². The normalized spacial score (nSPS) is 22.2. The molecule has 1 aliphatic heterocycles. The third-order valence-corrected chi connectivity index (χ3v) is 3.03. The summed E-state index contributed by atoms with van der Waals surface area (Å²) >= 11 is 3.20. The van der Waals surface area contributed by atoms with Crippen LogP contribution < -0.4 is 10.9 Å². The summed E-state index contributed by atoms with van der Waals surface area (Å²) in [7, 11) is 0. The van der Waals surface area contributed by atoms with Crippen LogP contribution in [0, 0.1) is 0 Å². The van der Waals surface area contributed by atoms with Crippen LogP contribution in [-0.2, 0) is 0 Å². The molecule has 1 aliphatic rings. The molecule has 0 amide bonds. The van der Waals surface area contributed by atoms with Crippen LogP contribution in [0.3, 0.4) is 0 Å². The van der Waals surface area contributed by atoms with Crippen molar-refractivity contribution in [2.24, 2.45) is 0 Å². The Labute approximate surface area is 90.2 Å². The second-order valence-corrected chi connectivity index (χ2v) is 4.33. The van der Waals surface area contributed by atoms with Crippen LogP contribution in [0.2, 0.25) is 0 Å². The van der Waals surface area contributed by atoms with Gasteiger partial charge in [0, 0.05) is 0 Å². The Morgan fingerprint density at radius 3 is 3.00 bits per heavy atom. The molecule has 0 aromatic carbocycles. The van der Waals surface area contributed by atoms with Crippen LogP contribution in [0.4, 0.5) is 0 Å². The minimum absolute atomic E-state index is 0.176. The van der Waals surface area contributed by atoms with Gasteiger partial charge < -0.3 is 5.32 Å². The highest BCUT2D eigenvalue weighted by Gasteiger charge is 2.16. The fourth-order valence-corrected chi connectivity index (χ4v) is 2.00. The maximum absolute atomic E-state index is 11.1. The Morgan fingerprint density at radius 2 is 2.36 bits per heavy atom. The standard InChI is InChI=1S/C9H12BrN3O/c10-6-5-8(12-13-9(6)14)7-3-1-2-4-11-7/h5,7,11H,1-4H2,(H,13,14). The van der Waals surface area contributed by atoms with E-state index in [0.29, 0.717) is 4.47 Å². The van der Waals surface area contributed by atoms with E-state index in [9.17, 15) is 4.79 Å². The summed E-state index contributed by atoms with van der Waals surface area (Å²) in [6.07, 6.45) is 3.53. The molecule has 1 unspecified atom stereocenters. The molecule has 1 aromatic rings. The highest BCUT2D eigenvalue weighted by atomic mass is 79.9. The zero-order valence-corrected chi connectivity index (χ0v) is 9.30. The molecule has 2 heterocycles. The topological polar surface area (TPSA) is 57.8 Å². The number of H-pyrrole nitrogens is 1. The Hall–Kier alpha value is -0.680. The van der Waals surface area contributed by atoms with Crippen molar-refractivity contribution in [3.05, 3.63) is 26.6 Å². The van der Waals surface area contributed by atoms with Gasteiger partial charge >= 0.3 is 0 Å². The molecule has 76 valence electrons. The maximum Gasteiger partial charge on any atom is 0.278 e. The monoisotopic (exact) mass is 257 g/mol. The first-order chi connectivity index (χ1) is 6.77. The number of hydrogen-bond donors (Lipinski definition) is 2. The van der Waals surface area contributed by atoms with E-state index in [4.69, 9.17) is 0 Å². The molecule has 1 fully saturated rings. The molecule has 5 heteroatoms. The van der Waals surface area contributed by atoms with Gasteiger partial charge in [-0.25, -0.2) is 5.10 Å². The molecule has 1 aromatic heterocycles. The SMILES string of the molecule is O=c1[nH]nc(C2CCCCN2)cc1Br. The third kappa shape index (κ3) is 2.04. The summed E-state index contributed by atoms with van der Waals surface area (Å²) in [4.78, 5) is 11.1. The van der Waals surface area contributed by atoms with Gasteiger partial charge in [-0.2, -0.15) is 5.10 Å². The van der Waals surface area contributed by atoms with E-state index in [2.05, 4.69) is 31.4 Å². The number of nitrogens with zero attached hydrogens (tertiary/aromatic N) is 1. The van der Waals surface area contributed by atoms with Gasteiger partial charge in [-0.1, -0.05) is 6.42 Å². The zero-order valence-electron chi connectivity index (χ0n) is 7.72. The average molecular weight is 258 g/mol. The molecule has 0 saturated carbocycles. The van der Waals surface area contributed by atoms with Gasteiger partial charge in [-0.3, -0.25) is 4.79 Å². The van der Waals surface area contributed by atoms with Crippen molar-refractivity contribution < 1.29 is 0 Å². The summed E-state index contributed by atoms with van der Waals surface area (Å²) in [6, 6.07) is 2.08. The number of hydrogen-bond acceptors (Lipinski definition) is 3. The predicted octanol–water partition coefficient (Wildman–Crippen LogP) is 1.35. The Balaban J connectivity index is 2.22. The average Bonchev–Trinajstić information content (AvgIpc) is 2.23. The van der Waals surface area contributed by atoms with E-state index in [1.54, 1.807) is 6.07 Å². The van der Waals surface area contributed by atoms with Crippen LogP contribution in [0.5, 0.6) is 0 Å². The van der Waals surface area contributed by atoms with E-state index >= 15 is 0 Å². The smallest absolute Gasteiger partial charge is 0.278 e. The Bertz CT molecular complexity index is 371. The molecule has 2 N–H and O–H groups in total. The van der Waals surface area contributed by atoms with Crippen molar-refractivity contribution in [2.75, 3.05) is 6.54 Å². The lowest BCUT2D eigenvalue weighted by Crippen LogP contribution is -2.28. The van der Waals surface area contributed by atoms with Crippen LogP contribution >= 0.6 is 15.9 Å². The number of piperidine rings is 1. The number of halogens is 1. The summed E-state index contributed by atoms with van der Waals surface area (Å²) in [6.45, 7) is 1.03. The van der Waals surface area contributed by atoms with E-state index < -0.39 is 0 Å². The van der Waals surface area contributed by atoms with Crippen LogP contribution in [0.1, 0.15) is 31.0 Å². The molecule has 14 heavy (non-hydrogen) atoms. The van der Waals surface area contributed by atoms with Gasteiger partial charge in [0.2, 0.25) is 0 Å². The van der Waals surface area contributed by atoms with Crippen molar-refractivity contribution in [1.29, 1.82) is 0 Å². The number of nitrogens with one attached hydrogen (secondary N) is 2. The van der Waals surface area contributed by atoms with Gasteiger partial charge in [0.1, 0.15) is 0 Å². The lowest BCUT2D eigenvalue weighted by atomic mass is 10.0. The molecule has 0 aliphatic carbocycles. The van der Waals surface area contributed by atoms with Gasteiger partial charge in [-0.05, 0) is 41.4 Å². The van der Waals surface area contributed by atoms with Gasteiger partial charge in [0.05, 0.1) is 16.2 Å². The number of rotatable bonds is 1. The minimum Gasteiger partial charge on any atom is -0.309 e. The lowest BCUT2D eigenvalue weighted by Gasteiger charge is -2.22. The fraction of sp³-hybridized carbons (Fsp3) is 0.556. The summed E-state index contributed by atoms with van der Waals surface area (Å²) in [5, 5.41) is 9.88. The van der Waals surface area contributed by atoms with Crippen LogP contribution in [-0.4, -0.2) is 16.7 Å². The first-order valence-electron chi connectivity index (χ1n) is 4.76. The fourth-order valence-electron chi connectivity index (χ4n) is 1.68. The second-order valence-electron chi connectivity index (χ2n) is 3.47. The van der Waals surface area contributed by atoms with Gasteiger partial charge in [-0.15, -0.1) is 0 Å². The molecule has 1 saturated heterocycles. The summed E-state index contributed by atoms with van der Waals surface area (Å²) < 4.78 is 0.551. The minimum atomic E-state index is -0.176. The maximum atomic E-state index is 11.1. The highest BCUT2D eigenvalue weighted by molar-refractivity contribution is 9.10. The molecular weight excluding hydrogens is 246 g/mol.